The maximum Gasteiger partial charge on any atom is 0.277 e. The molecule has 1 aromatic heterocycles. The second-order valence-electron chi connectivity index (χ2n) is 5.40. The lowest BCUT2D eigenvalue weighted by Gasteiger charge is -2.21. The van der Waals surface area contributed by atoms with Crippen LogP contribution in [0.1, 0.15) is 34.6 Å². The highest BCUT2D eigenvalue weighted by molar-refractivity contribution is 5.97. The van der Waals surface area contributed by atoms with Gasteiger partial charge in [-0.2, -0.15) is 5.10 Å². The number of hydrogen-bond donors (Lipinski definition) is 2. The first-order valence-corrected chi connectivity index (χ1v) is 6.92. The molecule has 6 heteroatoms. The molecule has 0 radical (unpaired) electrons. The van der Waals surface area contributed by atoms with Crippen LogP contribution in [-0.4, -0.2) is 27.0 Å². The molecular formula is C15H17FN4O. The monoisotopic (exact) mass is 288 g/mol. The van der Waals surface area contributed by atoms with Crippen LogP contribution in [0.5, 0.6) is 0 Å². The number of aryl methyl sites for hydroxylation is 1. The largest absolute Gasteiger partial charge is 0.395 e. The minimum Gasteiger partial charge on any atom is -0.395 e. The number of halogens is 1. The molecule has 1 aliphatic carbocycles. The van der Waals surface area contributed by atoms with E-state index in [1.807, 2.05) is 0 Å². The summed E-state index contributed by atoms with van der Waals surface area (Å²) in [5.74, 6) is -0.459. The molecule has 1 aliphatic rings. The zero-order chi connectivity index (χ0) is 15.0. The Balaban J connectivity index is 1.83. The van der Waals surface area contributed by atoms with Crippen molar-refractivity contribution in [2.24, 2.45) is 0 Å². The summed E-state index contributed by atoms with van der Waals surface area (Å²) in [4.78, 5) is 14.4. The van der Waals surface area contributed by atoms with Crippen molar-refractivity contribution in [1.82, 2.24) is 15.1 Å². The molecule has 1 saturated carbocycles. The van der Waals surface area contributed by atoms with Crippen LogP contribution in [-0.2, 0) is 6.54 Å². The fraction of sp³-hybridized carbons (Fsp3) is 0.333. The first-order chi connectivity index (χ1) is 10.1. The number of nitrogens with one attached hydrogen (secondary N) is 1. The van der Waals surface area contributed by atoms with Crippen molar-refractivity contribution in [3.8, 4) is 0 Å². The molecule has 1 amide bonds. The van der Waals surface area contributed by atoms with Gasteiger partial charge in [-0.05, 0) is 37.5 Å². The average Bonchev–Trinajstić information content (AvgIpc) is 3.25. The molecule has 0 saturated heterocycles. The van der Waals surface area contributed by atoms with Crippen molar-refractivity contribution < 1.29 is 9.18 Å². The molecule has 2 aromatic rings. The molecule has 1 fully saturated rings. The topological polar surface area (TPSA) is 75.0 Å². The third kappa shape index (κ3) is 2.74. The van der Waals surface area contributed by atoms with Gasteiger partial charge in [0.25, 0.3) is 5.91 Å². The van der Waals surface area contributed by atoms with Gasteiger partial charge in [0.1, 0.15) is 5.82 Å². The second kappa shape index (κ2) is 5.20. The molecule has 1 heterocycles. The van der Waals surface area contributed by atoms with E-state index in [1.54, 1.807) is 24.0 Å². The SMILES string of the molecule is Cc1[nH]nc(C(=O)N(Cc2ccc(F)cc2)C2CC2)c1N. The molecule has 0 bridgehead atoms. The molecule has 110 valence electrons. The van der Waals surface area contributed by atoms with Gasteiger partial charge in [-0.15, -0.1) is 0 Å². The first kappa shape index (κ1) is 13.6. The summed E-state index contributed by atoms with van der Waals surface area (Å²) in [6, 6.07) is 6.41. The summed E-state index contributed by atoms with van der Waals surface area (Å²) in [6.45, 7) is 2.22. The van der Waals surface area contributed by atoms with Gasteiger partial charge in [-0.3, -0.25) is 9.89 Å². The molecule has 0 atom stereocenters. The minimum absolute atomic E-state index is 0.177. The van der Waals surface area contributed by atoms with Gasteiger partial charge in [0, 0.05) is 12.6 Å². The predicted molar refractivity (Wildman–Crippen MR) is 77.0 cm³/mol. The number of anilines is 1. The van der Waals surface area contributed by atoms with Gasteiger partial charge < -0.3 is 10.6 Å². The van der Waals surface area contributed by atoms with E-state index in [-0.39, 0.29) is 23.5 Å². The Kier molecular flexibility index (Phi) is 3.37. The number of nitrogen functional groups attached to an aromatic ring is 1. The van der Waals surface area contributed by atoms with Crippen LogP contribution >= 0.6 is 0 Å². The fourth-order valence-corrected chi connectivity index (χ4v) is 2.28. The van der Waals surface area contributed by atoms with E-state index in [0.29, 0.717) is 17.9 Å². The fourth-order valence-electron chi connectivity index (χ4n) is 2.28. The lowest BCUT2D eigenvalue weighted by molar-refractivity contribution is 0.0725. The summed E-state index contributed by atoms with van der Waals surface area (Å²) < 4.78 is 13.0. The van der Waals surface area contributed by atoms with E-state index in [2.05, 4.69) is 10.2 Å². The van der Waals surface area contributed by atoms with Crippen molar-refractivity contribution >= 4 is 11.6 Å². The van der Waals surface area contributed by atoms with Crippen LogP contribution in [0.25, 0.3) is 0 Å². The third-order valence-corrected chi connectivity index (χ3v) is 3.71. The summed E-state index contributed by atoms with van der Waals surface area (Å²) in [5, 5.41) is 6.73. The highest BCUT2D eigenvalue weighted by Crippen LogP contribution is 2.30. The maximum atomic E-state index is 13.0. The third-order valence-electron chi connectivity index (χ3n) is 3.71. The lowest BCUT2D eigenvalue weighted by Crippen LogP contribution is -2.33. The van der Waals surface area contributed by atoms with Gasteiger partial charge in [-0.1, -0.05) is 12.1 Å². The van der Waals surface area contributed by atoms with Crippen LogP contribution in [0.4, 0.5) is 10.1 Å². The highest BCUT2D eigenvalue weighted by atomic mass is 19.1. The van der Waals surface area contributed by atoms with Crippen LogP contribution in [0.2, 0.25) is 0 Å². The summed E-state index contributed by atoms with van der Waals surface area (Å²) in [5.41, 5.74) is 8.12. The summed E-state index contributed by atoms with van der Waals surface area (Å²) in [6.07, 6.45) is 1.96. The van der Waals surface area contributed by atoms with E-state index in [9.17, 15) is 9.18 Å². The number of amides is 1. The molecule has 3 rings (SSSR count). The molecule has 1 aromatic carbocycles. The number of carbonyl (C=O) groups is 1. The molecule has 0 unspecified atom stereocenters. The number of benzene rings is 1. The highest BCUT2D eigenvalue weighted by Gasteiger charge is 2.34. The van der Waals surface area contributed by atoms with E-state index in [0.717, 1.165) is 18.4 Å². The van der Waals surface area contributed by atoms with Gasteiger partial charge in [0.2, 0.25) is 0 Å². The Labute approximate surface area is 121 Å². The number of aromatic amines is 1. The van der Waals surface area contributed by atoms with Crippen molar-refractivity contribution in [2.75, 3.05) is 5.73 Å². The summed E-state index contributed by atoms with van der Waals surface area (Å²) >= 11 is 0. The quantitative estimate of drug-likeness (QED) is 0.906. The number of rotatable bonds is 4. The second-order valence-corrected chi connectivity index (χ2v) is 5.40. The zero-order valence-electron chi connectivity index (χ0n) is 11.8. The van der Waals surface area contributed by atoms with Gasteiger partial charge >= 0.3 is 0 Å². The van der Waals surface area contributed by atoms with Gasteiger partial charge in [0.05, 0.1) is 11.4 Å². The molecule has 0 aliphatic heterocycles. The van der Waals surface area contributed by atoms with Crippen molar-refractivity contribution in [2.45, 2.75) is 32.4 Å². The Morgan fingerprint density at radius 2 is 2.10 bits per heavy atom. The van der Waals surface area contributed by atoms with E-state index < -0.39 is 0 Å². The Morgan fingerprint density at radius 3 is 2.62 bits per heavy atom. The standard InChI is InChI=1S/C15H17FN4O/c1-9-13(17)14(19-18-9)15(21)20(12-6-7-12)8-10-2-4-11(16)5-3-10/h2-5,12H,6-8,17H2,1H3,(H,18,19). The van der Waals surface area contributed by atoms with Crippen LogP contribution < -0.4 is 5.73 Å². The Bertz CT molecular complexity index is 661. The van der Waals surface area contributed by atoms with Crippen LogP contribution in [0, 0.1) is 12.7 Å². The summed E-state index contributed by atoms with van der Waals surface area (Å²) in [7, 11) is 0. The molecule has 5 nitrogen and oxygen atoms in total. The maximum absolute atomic E-state index is 13.0. The number of nitrogens with two attached hydrogens (primary N) is 1. The van der Waals surface area contributed by atoms with Crippen LogP contribution in [0.3, 0.4) is 0 Å². The number of H-pyrrole nitrogens is 1. The van der Waals surface area contributed by atoms with E-state index in [1.165, 1.54) is 12.1 Å². The Hall–Kier alpha value is -2.37. The minimum atomic E-state index is -0.282. The molecular weight excluding hydrogens is 271 g/mol. The molecule has 0 spiro atoms. The van der Waals surface area contributed by atoms with Gasteiger partial charge in [-0.25, -0.2) is 4.39 Å². The lowest BCUT2D eigenvalue weighted by atomic mass is 10.2. The van der Waals surface area contributed by atoms with Crippen LogP contribution in [0.15, 0.2) is 24.3 Å². The Morgan fingerprint density at radius 1 is 1.43 bits per heavy atom. The predicted octanol–water partition coefficient (Wildman–Crippen LogP) is 2.24. The van der Waals surface area contributed by atoms with Crippen molar-refractivity contribution in [3.63, 3.8) is 0 Å². The number of hydrogen-bond acceptors (Lipinski definition) is 3. The van der Waals surface area contributed by atoms with Crippen molar-refractivity contribution in [3.05, 3.63) is 47.0 Å². The van der Waals surface area contributed by atoms with E-state index in [4.69, 9.17) is 5.73 Å². The van der Waals surface area contributed by atoms with Gasteiger partial charge in [0.15, 0.2) is 5.69 Å². The smallest absolute Gasteiger partial charge is 0.277 e. The van der Waals surface area contributed by atoms with Crippen molar-refractivity contribution in [1.29, 1.82) is 0 Å². The molecule has 21 heavy (non-hydrogen) atoms. The number of carbonyl (C=O) groups excluding carboxylic acids is 1. The average molecular weight is 288 g/mol. The first-order valence-electron chi connectivity index (χ1n) is 6.92. The normalized spacial score (nSPS) is 14.2. The van der Waals surface area contributed by atoms with E-state index >= 15 is 0 Å². The number of nitrogens with zero attached hydrogens (tertiary/aromatic N) is 2. The zero-order valence-corrected chi connectivity index (χ0v) is 11.8. The molecule has 3 N–H and O–H groups in total. The number of aromatic nitrogens is 2.